The fourth-order valence-corrected chi connectivity index (χ4v) is 6.31. The highest BCUT2D eigenvalue weighted by Crippen LogP contribution is 2.42. The molecule has 0 saturated carbocycles. The van der Waals surface area contributed by atoms with Gasteiger partial charge in [0.1, 0.15) is 0 Å². The molecule has 0 radical (unpaired) electrons. The fraction of sp³-hybridized carbons (Fsp3) is 0. The first kappa shape index (κ1) is 22.5. The number of nitro groups is 1. The van der Waals surface area contributed by atoms with E-state index in [0.717, 1.165) is 33.1 Å². The van der Waals surface area contributed by atoms with Crippen LogP contribution in [-0.4, -0.2) is 9.49 Å². The summed E-state index contributed by atoms with van der Waals surface area (Å²) in [4.78, 5) is 11.5. The van der Waals surface area contributed by atoms with Gasteiger partial charge in [-0.05, 0) is 74.3 Å². The fourth-order valence-electron chi connectivity index (χ4n) is 6.31. The van der Waals surface area contributed by atoms with Crippen molar-refractivity contribution in [1.29, 1.82) is 0 Å². The molecular weight excluding hydrogens is 492 g/mol. The zero-order valence-corrected chi connectivity index (χ0v) is 21.4. The van der Waals surface area contributed by atoms with Crippen LogP contribution in [0.15, 0.2) is 133 Å². The van der Waals surface area contributed by atoms with Gasteiger partial charge in [0.25, 0.3) is 5.69 Å². The monoisotopic (exact) mass is 514 g/mol. The van der Waals surface area contributed by atoms with E-state index in [1.807, 2.05) is 36.4 Å². The molecule has 0 atom stereocenters. The highest BCUT2D eigenvalue weighted by molar-refractivity contribution is 6.28. The average Bonchev–Trinajstić information content (AvgIpc) is 3.33. The highest BCUT2D eigenvalue weighted by Gasteiger charge is 2.19. The van der Waals surface area contributed by atoms with Crippen molar-refractivity contribution >= 4 is 59.8 Å². The van der Waals surface area contributed by atoms with Crippen LogP contribution in [0.2, 0.25) is 0 Å². The first-order valence-corrected chi connectivity index (χ1v) is 13.3. The van der Waals surface area contributed by atoms with E-state index in [2.05, 4.69) is 89.5 Å². The highest BCUT2D eigenvalue weighted by atomic mass is 16.6. The molecule has 0 N–H and O–H groups in total. The summed E-state index contributed by atoms with van der Waals surface area (Å²) in [7, 11) is 0. The molecule has 7 aromatic carbocycles. The lowest BCUT2D eigenvalue weighted by Gasteiger charge is -2.12. The van der Waals surface area contributed by atoms with Gasteiger partial charge < -0.3 is 4.57 Å². The molecule has 40 heavy (non-hydrogen) atoms. The van der Waals surface area contributed by atoms with Crippen molar-refractivity contribution in [2.75, 3.05) is 0 Å². The Bertz CT molecular complexity index is 2300. The predicted molar refractivity (Wildman–Crippen MR) is 165 cm³/mol. The van der Waals surface area contributed by atoms with Crippen molar-refractivity contribution < 1.29 is 4.92 Å². The number of rotatable bonds is 3. The van der Waals surface area contributed by atoms with Gasteiger partial charge in [-0.25, -0.2) is 0 Å². The smallest absolute Gasteiger partial charge is 0.277 e. The van der Waals surface area contributed by atoms with E-state index in [1.165, 1.54) is 32.3 Å². The van der Waals surface area contributed by atoms with E-state index >= 15 is 0 Å². The van der Waals surface area contributed by atoms with E-state index in [-0.39, 0.29) is 10.6 Å². The number of nitrogens with zero attached hydrogens (tertiary/aromatic N) is 2. The Morgan fingerprint density at radius 3 is 1.70 bits per heavy atom. The van der Waals surface area contributed by atoms with E-state index in [9.17, 15) is 10.1 Å². The average molecular weight is 515 g/mol. The number of fused-ring (bicyclic) bond motifs is 9. The third-order valence-electron chi connectivity index (χ3n) is 8.06. The van der Waals surface area contributed by atoms with Gasteiger partial charge in [-0.1, -0.05) is 91.0 Å². The van der Waals surface area contributed by atoms with Crippen LogP contribution in [-0.2, 0) is 0 Å². The quantitative estimate of drug-likeness (QED) is 0.134. The first-order chi connectivity index (χ1) is 19.7. The molecule has 4 heteroatoms. The second kappa shape index (κ2) is 8.52. The van der Waals surface area contributed by atoms with Gasteiger partial charge in [0.05, 0.1) is 21.5 Å². The van der Waals surface area contributed by atoms with Gasteiger partial charge in [-0.3, -0.25) is 10.1 Å². The van der Waals surface area contributed by atoms with E-state index in [0.29, 0.717) is 5.56 Å². The summed E-state index contributed by atoms with van der Waals surface area (Å²) in [5.74, 6) is 0. The third kappa shape index (κ3) is 3.20. The largest absolute Gasteiger partial charge is 0.309 e. The summed E-state index contributed by atoms with van der Waals surface area (Å²) < 4.78 is 2.28. The molecule has 8 rings (SSSR count). The number of benzene rings is 7. The molecule has 0 unspecified atom stereocenters. The minimum Gasteiger partial charge on any atom is -0.309 e. The van der Waals surface area contributed by atoms with Crippen molar-refractivity contribution in [2.24, 2.45) is 0 Å². The first-order valence-electron chi connectivity index (χ1n) is 13.3. The molecule has 1 heterocycles. The summed E-state index contributed by atoms with van der Waals surface area (Å²) in [6, 6.07) is 45.3. The number of nitro benzene ring substituents is 1. The van der Waals surface area contributed by atoms with Gasteiger partial charge in [-0.15, -0.1) is 0 Å². The van der Waals surface area contributed by atoms with Crippen molar-refractivity contribution in [3.8, 4) is 16.8 Å². The number of para-hydroxylation sites is 2. The van der Waals surface area contributed by atoms with Gasteiger partial charge >= 0.3 is 0 Å². The van der Waals surface area contributed by atoms with Gasteiger partial charge in [0.2, 0.25) is 0 Å². The van der Waals surface area contributed by atoms with Crippen LogP contribution in [0.5, 0.6) is 0 Å². The van der Waals surface area contributed by atoms with Gasteiger partial charge in [-0.2, -0.15) is 0 Å². The maximum Gasteiger partial charge on any atom is 0.277 e. The Morgan fingerprint density at radius 1 is 0.475 bits per heavy atom. The maximum atomic E-state index is 11.8. The predicted octanol–water partition coefficient (Wildman–Crippen LogP) is 9.82. The minimum atomic E-state index is -0.310. The molecule has 0 spiro atoms. The Balaban J connectivity index is 1.55. The number of aromatic nitrogens is 1. The lowest BCUT2D eigenvalue weighted by molar-refractivity contribution is -0.384. The zero-order chi connectivity index (χ0) is 26.8. The Hall–Kier alpha value is -5.48. The lowest BCUT2D eigenvalue weighted by Crippen LogP contribution is -1.95. The Labute approximate surface area is 229 Å². The molecular formula is C36H22N2O2. The molecule has 0 aliphatic heterocycles. The van der Waals surface area contributed by atoms with Crippen LogP contribution in [0.3, 0.4) is 0 Å². The lowest BCUT2D eigenvalue weighted by atomic mass is 9.93. The summed E-state index contributed by atoms with van der Waals surface area (Å²) in [6.45, 7) is 0. The van der Waals surface area contributed by atoms with E-state index in [1.54, 1.807) is 12.1 Å². The third-order valence-corrected chi connectivity index (χ3v) is 8.06. The number of hydrogen-bond donors (Lipinski definition) is 0. The molecule has 0 saturated heterocycles. The van der Waals surface area contributed by atoms with Gasteiger partial charge in [0, 0.05) is 22.5 Å². The molecule has 0 bridgehead atoms. The molecule has 0 amide bonds. The molecule has 1 aromatic heterocycles. The molecule has 0 aliphatic carbocycles. The topological polar surface area (TPSA) is 48.1 Å². The summed E-state index contributed by atoms with van der Waals surface area (Å²) in [5, 5.41) is 21.5. The second-order valence-electron chi connectivity index (χ2n) is 10.2. The summed E-state index contributed by atoms with van der Waals surface area (Å²) in [6.07, 6.45) is 0. The number of hydrogen-bond acceptors (Lipinski definition) is 2. The molecule has 0 aliphatic rings. The maximum absolute atomic E-state index is 11.8. The van der Waals surface area contributed by atoms with Crippen LogP contribution in [0, 0.1) is 10.1 Å². The molecule has 188 valence electrons. The van der Waals surface area contributed by atoms with Crippen molar-refractivity contribution in [1.82, 2.24) is 4.57 Å². The SMILES string of the molecule is O=[N+]([O-])c1ccccc1-c1ccc2c3cc4c5ccccc5c5ccccc5c4cc3n(-c3ccccc3)c2c1. The molecule has 0 fully saturated rings. The van der Waals surface area contributed by atoms with Crippen LogP contribution in [0.1, 0.15) is 0 Å². The molecule has 8 aromatic rings. The van der Waals surface area contributed by atoms with Crippen LogP contribution in [0.25, 0.3) is 70.9 Å². The Kier molecular flexibility index (Phi) is 4.79. The zero-order valence-electron chi connectivity index (χ0n) is 21.4. The van der Waals surface area contributed by atoms with Crippen molar-refractivity contribution in [3.63, 3.8) is 0 Å². The normalized spacial score (nSPS) is 11.7. The minimum absolute atomic E-state index is 0.105. The van der Waals surface area contributed by atoms with Crippen LogP contribution in [0.4, 0.5) is 5.69 Å². The summed E-state index contributed by atoms with van der Waals surface area (Å²) in [5.41, 5.74) is 4.70. The van der Waals surface area contributed by atoms with E-state index < -0.39 is 0 Å². The van der Waals surface area contributed by atoms with Crippen molar-refractivity contribution in [2.45, 2.75) is 0 Å². The summed E-state index contributed by atoms with van der Waals surface area (Å²) >= 11 is 0. The van der Waals surface area contributed by atoms with Crippen molar-refractivity contribution in [3.05, 3.63) is 144 Å². The standard InChI is InChI=1S/C36H22N2O2/c39-38(40)34-17-9-8-12-25(34)23-18-19-30-33-21-31-28-15-6-4-13-26(28)27-14-5-7-16-29(27)32(31)22-36(33)37(35(30)20-23)24-10-2-1-3-11-24/h1-22H. The van der Waals surface area contributed by atoms with Gasteiger partial charge in [0.15, 0.2) is 0 Å². The van der Waals surface area contributed by atoms with Crippen LogP contribution >= 0.6 is 0 Å². The molecule has 4 nitrogen and oxygen atoms in total. The van der Waals surface area contributed by atoms with E-state index in [4.69, 9.17) is 0 Å². The van der Waals surface area contributed by atoms with Crippen LogP contribution < -0.4 is 0 Å². The second-order valence-corrected chi connectivity index (χ2v) is 10.2. The Morgan fingerprint density at radius 2 is 1.02 bits per heavy atom.